The zero-order valence-corrected chi connectivity index (χ0v) is 22.1. The molecule has 2 aliphatic heterocycles. The molecule has 0 spiro atoms. The van der Waals surface area contributed by atoms with Crippen molar-refractivity contribution >= 4 is 28.8 Å². The lowest BCUT2D eigenvalue weighted by Gasteiger charge is -2.34. The lowest BCUT2D eigenvalue weighted by molar-refractivity contribution is -0.130. The molecule has 4 heterocycles. The normalized spacial score (nSPS) is 21.0. The van der Waals surface area contributed by atoms with Crippen molar-refractivity contribution in [2.45, 2.75) is 56.6 Å². The van der Waals surface area contributed by atoms with Crippen LogP contribution in [-0.4, -0.2) is 42.9 Å². The second-order valence-corrected chi connectivity index (χ2v) is 10.9. The van der Waals surface area contributed by atoms with Gasteiger partial charge in [0.15, 0.2) is 0 Å². The second-order valence-electron chi connectivity index (χ2n) is 10.6. The van der Waals surface area contributed by atoms with Gasteiger partial charge in [0, 0.05) is 36.1 Å². The van der Waals surface area contributed by atoms with Gasteiger partial charge in [-0.1, -0.05) is 54.1 Å². The topological polar surface area (TPSA) is 96.8 Å². The van der Waals surface area contributed by atoms with Gasteiger partial charge in [0.25, 0.3) is 6.43 Å². The van der Waals surface area contributed by atoms with E-state index >= 15 is 0 Å². The van der Waals surface area contributed by atoms with Crippen LogP contribution in [0.4, 0.5) is 14.6 Å². The predicted molar refractivity (Wildman–Crippen MR) is 145 cm³/mol. The molecule has 2 fully saturated rings. The van der Waals surface area contributed by atoms with Crippen molar-refractivity contribution in [3.8, 4) is 11.3 Å². The van der Waals surface area contributed by atoms with Crippen LogP contribution in [-0.2, 0) is 10.4 Å². The van der Waals surface area contributed by atoms with Crippen molar-refractivity contribution in [2.24, 2.45) is 0 Å². The number of carbonyl (C=O) groups excluding carboxylic acids is 1. The minimum absolute atomic E-state index is 0.00836. The Morgan fingerprint density at radius 1 is 1.13 bits per heavy atom. The number of rotatable bonds is 5. The predicted octanol–water partition coefficient (Wildman–Crippen LogP) is 5.69. The van der Waals surface area contributed by atoms with E-state index in [1.165, 1.54) is 24.4 Å². The summed E-state index contributed by atoms with van der Waals surface area (Å²) in [7, 11) is 0. The molecule has 0 aliphatic carbocycles. The van der Waals surface area contributed by atoms with E-state index < -0.39 is 12.0 Å². The number of aliphatic hydroxyl groups is 1. The first kappa shape index (κ1) is 25.7. The molecule has 0 unspecified atom stereocenters. The number of imidazole rings is 1. The average molecular weight is 552 g/mol. The number of anilines is 1. The van der Waals surface area contributed by atoms with E-state index in [0.717, 1.165) is 30.7 Å². The Bertz CT molecular complexity index is 1570. The van der Waals surface area contributed by atoms with Crippen molar-refractivity contribution in [1.29, 1.82) is 0 Å². The number of piperidine rings is 1. The summed E-state index contributed by atoms with van der Waals surface area (Å²) in [5.41, 5.74) is 7.52. The number of fused-ring (bicyclic) bond motifs is 2. The fraction of sp³-hybridized carbons (Fsp3) is 0.345. The number of benzene rings is 2. The molecular weight excluding hydrogens is 524 g/mol. The van der Waals surface area contributed by atoms with Crippen molar-refractivity contribution in [2.75, 3.05) is 12.3 Å². The zero-order valence-electron chi connectivity index (χ0n) is 21.3. The fourth-order valence-electron chi connectivity index (χ4n) is 5.98. The molecule has 4 aromatic rings. The lowest BCUT2D eigenvalue weighted by atomic mass is 9.87. The van der Waals surface area contributed by atoms with Gasteiger partial charge in [-0.2, -0.15) is 0 Å². The first-order chi connectivity index (χ1) is 18.6. The average Bonchev–Trinajstić information content (AvgIpc) is 3.53. The Labute approximate surface area is 229 Å². The molecular formula is C29H28ClF2N5O2. The number of hydrogen-bond acceptors (Lipinski definition) is 5. The third-order valence-corrected chi connectivity index (χ3v) is 8.44. The number of nitrogen functional groups attached to an aromatic ring is 1. The minimum Gasteiger partial charge on any atom is -0.382 e. The molecule has 3 N–H and O–H groups in total. The number of aromatic nitrogens is 3. The number of carbonyl (C=O) groups is 1. The molecule has 7 nitrogen and oxygen atoms in total. The molecule has 0 radical (unpaired) electrons. The van der Waals surface area contributed by atoms with Gasteiger partial charge in [0.1, 0.15) is 33.6 Å². The van der Waals surface area contributed by atoms with Crippen molar-refractivity contribution in [3.05, 3.63) is 82.4 Å². The largest absolute Gasteiger partial charge is 0.382 e. The third kappa shape index (κ3) is 4.33. The van der Waals surface area contributed by atoms with Crippen molar-refractivity contribution in [3.63, 3.8) is 0 Å². The maximum Gasteiger partial charge on any atom is 0.263 e. The van der Waals surface area contributed by atoms with E-state index in [0.29, 0.717) is 46.5 Å². The highest BCUT2D eigenvalue weighted by Gasteiger charge is 2.38. The van der Waals surface area contributed by atoms with E-state index in [1.807, 2.05) is 21.4 Å². The van der Waals surface area contributed by atoms with Crippen molar-refractivity contribution in [1.82, 2.24) is 19.3 Å². The summed E-state index contributed by atoms with van der Waals surface area (Å²) in [5.74, 6) is 1.18. The van der Waals surface area contributed by atoms with E-state index in [-0.39, 0.29) is 23.2 Å². The molecule has 3 atom stereocenters. The van der Waals surface area contributed by atoms with E-state index in [2.05, 4.69) is 4.98 Å². The summed E-state index contributed by atoms with van der Waals surface area (Å²) in [6.07, 6.45) is 2.15. The van der Waals surface area contributed by atoms with E-state index in [4.69, 9.17) is 22.3 Å². The Hall–Kier alpha value is -3.56. The lowest BCUT2D eigenvalue weighted by Crippen LogP contribution is -2.41. The summed E-state index contributed by atoms with van der Waals surface area (Å²) in [6.45, 7) is 2.16. The number of amides is 1. The summed E-state index contributed by atoms with van der Waals surface area (Å²) >= 11 is 6.62. The standard InChI is InChI=1S/C29H28ClF2N5O2/c1-29(39,20-4-2-3-17(13-20)26(31)32)19-8-5-16(6-9-19)24-25-27(33)34-14-22(30)37(25)28(35-24)18-7-10-21-11-12-23(38)36(21)15-18/h2-6,8-9,13-14,18,21,26,39H,7,10-12,15H2,1H3,(H2,33,34)/t18-,21+,29-/m1/s1. The Morgan fingerprint density at radius 2 is 1.90 bits per heavy atom. The van der Waals surface area contributed by atoms with Crippen LogP contribution < -0.4 is 5.73 Å². The smallest absolute Gasteiger partial charge is 0.263 e. The molecule has 0 bridgehead atoms. The van der Waals surface area contributed by atoms with Crippen LogP contribution >= 0.6 is 11.6 Å². The summed E-state index contributed by atoms with van der Waals surface area (Å²) in [6, 6.07) is 13.2. The molecule has 2 aromatic heterocycles. The fourth-order valence-corrected chi connectivity index (χ4v) is 6.20. The van der Waals surface area contributed by atoms with Crippen LogP contribution in [0.3, 0.4) is 0 Å². The highest BCUT2D eigenvalue weighted by Crippen LogP contribution is 2.40. The Kier molecular flexibility index (Phi) is 6.31. The maximum absolute atomic E-state index is 13.3. The highest BCUT2D eigenvalue weighted by molar-refractivity contribution is 6.30. The van der Waals surface area contributed by atoms with Crippen LogP contribution in [0.15, 0.2) is 54.7 Å². The minimum atomic E-state index is -2.63. The number of nitrogens with zero attached hydrogens (tertiary/aromatic N) is 4. The van der Waals surface area contributed by atoms with Gasteiger partial charge in [-0.15, -0.1) is 0 Å². The van der Waals surface area contributed by atoms with Gasteiger partial charge in [0.05, 0.1) is 6.20 Å². The third-order valence-electron chi connectivity index (χ3n) is 8.17. The van der Waals surface area contributed by atoms with Gasteiger partial charge in [-0.3, -0.25) is 9.20 Å². The SMILES string of the molecule is C[C@@](O)(c1ccc(-c2nc([C@@H]3CC[C@H]4CCC(=O)N4C3)n3c(Cl)cnc(N)c23)cc1)c1cccc(C(F)F)c1. The molecule has 202 valence electrons. The molecule has 6 rings (SSSR count). The van der Waals surface area contributed by atoms with Gasteiger partial charge in [-0.25, -0.2) is 18.7 Å². The highest BCUT2D eigenvalue weighted by atomic mass is 35.5. The van der Waals surface area contributed by atoms with Crippen LogP contribution in [0.5, 0.6) is 0 Å². The molecule has 2 saturated heterocycles. The van der Waals surface area contributed by atoms with Crippen LogP contribution in [0.2, 0.25) is 5.15 Å². The summed E-state index contributed by atoms with van der Waals surface area (Å²) in [4.78, 5) is 23.7. The van der Waals surface area contributed by atoms with Crippen LogP contribution in [0.1, 0.15) is 67.5 Å². The number of alkyl halides is 2. The zero-order chi connectivity index (χ0) is 27.5. The molecule has 1 amide bonds. The summed E-state index contributed by atoms with van der Waals surface area (Å²) in [5, 5.41) is 11.7. The Balaban J connectivity index is 1.39. The molecule has 2 aliphatic rings. The van der Waals surface area contributed by atoms with Gasteiger partial charge in [0.2, 0.25) is 5.91 Å². The van der Waals surface area contributed by atoms with Crippen LogP contribution in [0.25, 0.3) is 16.8 Å². The maximum atomic E-state index is 13.3. The van der Waals surface area contributed by atoms with E-state index in [9.17, 15) is 18.7 Å². The quantitative estimate of drug-likeness (QED) is 0.332. The Morgan fingerprint density at radius 3 is 2.64 bits per heavy atom. The molecule has 2 aromatic carbocycles. The second kappa shape index (κ2) is 9.57. The number of halogens is 3. The first-order valence-corrected chi connectivity index (χ1v) is 13.4. The summed E-state index contributed by atoms with van der Waals surface area (Å²) < 4.78 is 28.3. The first-order valence-electron chi connectivity index (χ1n) is 13.0. The molecule has 39 heavy (non-hydrogen) atoms. The molecule has 10 heteroatoms. The van der Waals surface area contributed by atoms with Crippen molar-refractivity contribution < 1.29 is 18.7 Å². The number of hydrogen-bond donors (Lipinski definition) is 2. The number of nitrogens with two attached hydrogens (primary N) is 1. The van der Waals surface area contributed by atoms with Crippen LogP contribution in [0, 0.1) is 0 Å². The van der Waals surface area contributed by atoms with E-state index in [1.54, 1.807) is 25.1 Å². The van der Waals surface area contributed by atoms with Gasteiger partial charge < -0.3 is 15.7 Å². The monoisotopic (exact) mass is 551 g/mol. The van der Waals surface area contributed by atoms with Gasteiger partial charge >= 0.3 is 0 Å². The molecule has 0 saturated carbocycles. The van der Waals surface area contributed by atoms with Gasteiger partial charge in [-0.05, 0) is 43.4 Å².